The van der Waals surface area contributed by atoms with Crippen LogP contribution in [0.4, 0.5) is 0 Å². The lowest BCUT2D eigenvalue weighted by molar-refractivity contribution is -0.143. The van der Waals surface area contributed by atoms with Crippen LogP contribution >= 0.6 is 0 Å². The zero-order chi connectivity index (χ0) is 24.8. The van der Waals surface area contributed by atoms with E-state index < -0.39 is 5.97 Å². The summed E-state index contributed by atoms with van der Waals surface area (Å²) in [4.78, 5) is 39.4. The second kappa shape index (κ2) is 10.8. The molecule has 34 heavy (non-hydrogen) atoms. The highest BCUT2D eigenvalue weighted by Crippen LogP contribution is 2.25. The molecule has 0 fully saturated rings. The van der Waals surface area contributed by atoms with Gasteiger partial charge in [-0.05, 0) is 44.0 Å². The molecule has 2 aromatic carbocycles. The van der Waals surface area contributed by atoms with Crippen LogP contribution in [-0.4, -0.2) is 52.7 Å². The fraction of sp³-hybridized carbons (Fsp3) is 0.308. The van der Waals surface area contributed by atoms with Crippen LogP contribution in [0.3, 0.4) is 0 Å². The summed E-state index contributed by atoms with van der Waals surface area (Å²) in [6.07, 6.45) is 2.64. The number of nitrogens with one attached hydrogen (secondary N) is 1. The predicted octanol–water partition coefficient (Wildman–Crippen LogP) is 3.30. The van der Waals surface area contributed by atoms with Crippen LogP contribution in [0.1, 0.15) is 52.1 Å². The predicted molar refractivity (Wildman–Crippen MR) is 131 cm³/mol. The van der Waals surface area contributed by atoms with E-state index in [1.807, 2.05) is 29.8 Å². The molecule has 1 amide bonds. The first-order chi connectivity index (χ1) is 16.2. The van der Waals surface area contributed by atoms with Crippen molar-refractivity contribution in [2.75, 3.05) is 19.7 Å². The zero-order valence-corrected chi connectivity index (χ0v) is 19.8. The van der Waals surface area contributed by atoms with Crippen molar-refractivity contribution in [3.8, 4) is 0 Å². The number of amides is 1. The monoisotopic (exact) mass is 462 g/mol. The third-order valence-electron chi connectivity index (χ3n) is 5.74. The molecule has 3 N–H and O–H groups in total. The van der Waals surface area contributed by atoms with E-state index >= 15 is 0 Å². The van der Waals surface area contributed by atoms with Gasteiger partial charge in [0, 0.05) is 53.8 Å². The van der Waals surface area contributed by atoms with Gasteiger partial charge in [-0.1, -0.05) is 24.3 Å². The van der Waals surface area contributed by atoms with Crippen molar-refractivity contribution < 1.29 is 19.1 Å². The number of ether oxygens (including phenoxy) is 1. The van der Waals surface area contributed by atoms with Crippen molar-refractivity contribution in [2.24, 2.45) is 12.8 Å². The Morgan fingerprint density at radius 2 is 1.74 bits per heavy atom. The van der Waals surface area contributed by atoms with E-state index in [1.54, 1.807) is 44.3 Å². The first kappa shape index (κ1) is 24.7. The van der Waals surface area contributed by atoms with Gasteiger partial charge >= 0.3 is 5.97 Å². The number of hydrogen-bond donors (Lipinski definition) is 2. The van der Waals surface area contributed by atoms with Gasteiger partial charge in [0.05, 0.1) is 6.61 Å². The number of nitrogen functional groups attached to an aromatic ring is 1. The number of ketones is 1. The lowest BCUT2D eigenvalue weighted by Gasteiger charge is -2.20. The molecule has 8 heteroatoms. The highest BCUT2D eigenvalue weighted by atomic mass is 16.5. The SMILES string of the molecule is CCOC(=O)CN(CC)C(=O)c1ccc2c(c1)c(C(=O)CCc1ccc(C(=N)N)cc1)cn2C. The van der Waals surface area contributed by atoms with Crippen molar-refractivity contribution in [1.29, 1.82) is 5.41 Å². The van der Waals surface area contributed by atoms with Crippen molar-refractivity contribution in [3.05, 3.63) is 70.9 Å². The lowest BCUT2D eigenvalue weighted by atomic mass is 10.0. The topological polar surface area (TPSA) is 118 Å². The van der Waals surface area contributed by atoms with E-state index in [0.717, 1.165) is 11.1 Å². The van der Waals surface area contributed by atoms with Gasteiger partial charge in [0.2, 0.25) is 0 Å². The summed E-state index contributed by atoms with van der Waals surface area (Å²) >= 11 is 0. The van der Waals surface area contributed by atoms with E-state index in [9.17, 15) is 14.4 Å². The molecule has 0 saturated heterocycles. The normalized spacial score (nSPS) is 10.8. The highest BCUT2D eigenvalue weighted by molar-refractivity contribution is 6.10. The summed E-state index contributed by atoms with van der Waals surface area (Å²) < 4.78 is 6.84. The number of aromatic nitrogens is 1. The molecule has 0 aliphatic rings. The fourth-order valence-electron chi connectivity index (χ4n) is 3.86. The largest absolute Gasteiger partial charge is 0.465 e. The Morgan fingerprint density at radius 3 is 2.35 bits per heavy atom. The number of carbonyl (C=O) groups is 3. The number of aryl methyl sites for hydroxylation is 2. The molecule has 0 aliphatic heterocycles. The Balaban J connectivity index is 1.81. The van der Waals surface area contributed by atoms with Crippen LogP contribution in [-0.2, 0) is 23.0 Å². The lowest BCUT2D eigenvalue weighted by Crippen LogP contribution is -2.36. The number of likely N-dealkylation sites (N-methyl/N-ethyl adjacent to an activating group) is 1. The Hall–Kier alpha value is -3.94. The van der Waals surface area contributed by atoms with Gasteiger partial charge in [0.25, 0.3) is 5.91 Å². The van der Waals surface area contributed by atoms with Gasteiger partial charge in [-0.25, -0.2) is 0 Å². The first-order valence-electron chi connectivity index (χ1n) is 11.3. The number of nitrogens with zero attached hydrogens (tertiary/aromatic N) is 2. The number of hydrogen-bond acceptors (Lipinski definition) is 5. The zero-order valence-electron chi connectivity index (χ0n) is 19.8. The maximum Gasteiger partial charge on any atom is 0.325 e. The van der Waals surface area contributed by atoms with Crippen LogP contribution in [0.15, 0.2) is 48.7 Å². The Labute approximate surface area is 198 Å². The third-order valence-corrected chi connectivity index (χ3v) is 5.74. The van der Waals surface area contributed by atoms with E-state index in [0.29, 0.717) is 41.5 Å². The summed E-state index contributed by atoms with van der Waals surface area (Å²) in [6, 6.07) is 12.5. The molecular formula is C26H30N4O4. The van der Waals surface area contributed by atoms with Crippen LogP contribution in [0.5, 0.6) is 0 Å². The minimum Gasteiger partial charge on any atom is -0.465 e. The molecule has 8 nitrogen and oxygen atoms in total. The summed E-state index contributed by atoms with van der Waals surface area (Å²) in [5, 5.41) is 8.18. The Bertz CT molecular complexity index is 1230. The molecular weight excluding hydrogens is 432 g/mol. The minimum atomic E-state index is -0.453. The number of benzene rings is 2. The van der Waals surface area contributed by atoms with Crippen molar-refractivity contribution in [1.82, 2.24) is 9.47 Å². The number of nitrogens with two attached hydrogens (primary N) is 1. The summed E-state index contributed by atoms with van der Waals surface area (Å²) in [6.45, 7) is 4.02. The molecule has 0 radical (unpaired) electrons. The molecule has 1 heterocycles. The van der Waals surface area contributed by atoms with Crippen LogP contribution < -0.4 is 5.73 Å². The number of Topliss-reactive ketones (excluding diaryl/α,β-unsaturated/α-hetero) is 1. The first-order valence-corrected chi connectivity index (χ1v) is 11.3. The summed E-state index contributed by atoms with van der Waals surface area (Å²) in [5.41, 5.74) is 8.93. The van der Waals surface area contributed by atoms with Crippen molar-refractivity contribution >= 4 is 34.4 Å². The Morgan fingerprint density at radius 1 is 1.06 bits per heavy atom. The van der Waals surface area contributed by atoms with Crippen LogP contribution in [0, 0.1) is 5.41 Å². The van der Waals surface area contributed by atoms with Gasteiger partial charge in [-0.3, -0.25) is 19.8 Å². The second-order valence-electron chi connectivity index (χ2n) is 8.04. The molecule has 0 bridgehead atoms. The molecule has 0 saturated carbocycles. The number of esters is 1. The van der Waals surface area contributed by atoms with E-state index in [1.165, 1.54) is 4.90 Å². The number of carbonyl (C=O) groups excluding carboxylic acids is 3. The Kier molecular flexibility index (Phi) is 7.83. The van der Waals surface area contributed by atoms with Gasteiger partial charge in [0.1, 0.15) is 12.4 Å². The molecule has 0 atom stereocenters. The molecule has 0 spiro atoms. The molecule has 0 aliphatic carbocycles. The maximum absolute atomic E-state index is 13.1. The summed E-state index contributed by atoms with van der Waals surface area (Å²) in [5.74, 6) is -0.756. The van der Waals surface area contributed by atoms with Crippen LogP contribution in [0.25, 0.3) is 10.9 Å². The number of amidine groups is 1. The second-order valence-corrected chi connectivity index (χ2v) is 8.04. The quantitative estimate of drug-likeness (QED) is 0.207. The number of fused-ring (bicyclic) bond motifs is 1. The van der Waals surface area contributed by atoms with Gasteiger partial charge in [-0.2, -0.15) is 0 Å². The third kappa shape index (κ3) is 5.51. The summed E-state index contributed by atoms with van der Waals surface area (Å²) in [7, 11) is 1.86. The molecule has 3 rings (SSSR count). The highest BCUT2D eigenvalue weighted by Gasteiger charge is 2.21. The average molecular weight is 463 g/mol. The molecule has 3 aromatic rings. The minimum absolute atomic E-state index is 0.00706. The van der Waals surface area contributed by atoms with Crippen molar-refractivity contribution in [3.63, 3.8) is 0 Å². The fourth-order valence-corrected chi connectivity index (χ4v) is 3.86. The number of rotatable bonds is 10. The van der Waals surface area contributed by atoms with E-state index in [2.05, 4.69) is 0 Å². The van der Waals surface area contributed by atoms with Gasteiger partial charge in [0.15, 0.2) is 5.78 Å². The molecule has 178 valence electrons. The van der Waals surface area contributed by atoms with Gasteiger partial charge in [-0.15, -0.1) is 0 Å². The smallest absolute Gasteiger partial charge is 0.325 e. The maximum atomic E-state index is 13.1. The molecule has 1 aromatic heterocycles. The van der Waals surface area contributed by atoms with E-state index in [-0.39, 0.29) is 30.7 Å². The van der Waals surface area contributed by atoms with Gasteiger partial charge < -0.3 is 19.9 Å². The average Bonchev–Trinajstić information content (AvgIpc) is 3.16. The van der Waals surface area contributed by atoms with Crippen molar-refractivity contribution in [2.45, 2.75) is 26.7 Å². The molecule has 0 unspecified atom stereocenters. The standard InChI is InChI=1S/C26H30N4O4/c1-4-30(16-24(32)34-5-2)26(33)19-11-12-22-20(14-19)21(15-29(22)3)23(31)13-8-17-6-9-18(10-7-17)25(27)28/h6-7,9-12,14-15H,4-5,8,13,16H2,1-3H3,(H3,27,28). The van der Waals surface area contributed by atoms with E-state index in [4.69, 9.17) is 15.9 Å². The van der Waals surface area contributed by atoms with Crippen LogP contribution in [0.2, 0.25) is 0 Å².